The van der Waals surface area contributed by atoms with Crippen LogP contribution in [0.2, 0.25) is 0 Å². The Balaban J connectivity index is 2.28. The minimum absolute atomic E-state index is 0.276. The Morgan fingerprint density at radius 2 is 2.05 bits per heavy atom. The topological polar surface area (TPSA) is 26.3 Å². The van der Waals surface area contributed by atoms with Crippen LogP contribution in [0.1, 0.15) is 30.9 Å². The summed E-state index contributed by atoms with van der Waals surface area (Å²) in [5.74, 6) is 0.895. The molecule has 0 atom stereocenters. The van der Waals surface area contributed by atoms with E-state index in [1.165, 1.54) is 0 Å². The van der Waals surface area contributed by atoms with E-state index in [2.05, 4.69) is 6.92 Å². The van der Waals surface area contributed by atoms with Crippen molar-refractivity contribution >= 4 is 27.6 Å². The van der Waals surface area contributed by atoms with Crippen LogP contribution in [0.15, 0.2) is 30.3 Å². The molecule has 0 aliphatic rings. The summed E-state index contributed by atoms with van der Waals surface area (Å²) in [4.78, 5) is 11.0. The first-order valence-corrected chi connectivity index (χ1v) is 7.33. The van der Waals surface area contributed by atoms with Crippen LogP contribution in [0, 0.1) is 6.92 Å². The Hall–Kier alpha value is -1.54. The Kier molecular flexibility index (Phi) is 5.02. The van der Waals surface area contributed by atoms with Gasteiger partial charge in [0.1, 0.15) is 5.75 Å². The molecule has 0 N–H and O–H groups in total. The number of halogens is 1. The molecule has 0 fully saturated rings. The molecule has 20 heavy (non-hydrogen) atoms. The predicted molar refractivity (Wildman–Crippen MR) is 83.7 cm³/mol. The molecule has 0 unspecified atom stereocenters. The van der Waals surface area contributed by atoms with Crippen LogP contribution >= 0.6 is 11.6 Å². The van der Waals surface area contributed by atoms with Gasteiger partial charge in [-0.2, -0.15) is 0 Å². The fraction of sp³-hybridized carbons (Fsp3) is 0.353. The van der Waals surface area contributed by atoms with E-state index in [9.17, 15) is 4.79 Å². The Labute approximate surface area is 124 Å². The van der Waals surface area contributed by atoms with E-state index in [1.54, 1.807) is 0 Å². The number of hydrogen-bond acceptors (Lipinski definition) is 2. The summed E-state index contributed by atoms with van der Waals surface area (Å²) in [6.45, 7) is 4.92. The number of unbranched alkanes of at least 4 members (excludes halogenated alkanes) is 1. The molecule has 2 rings (SSSR count). The van der Waals surface area contributed by atoms with Crippen molar-refractivity contribution in [3.05, 3.63) is 41.5 Å². The van der Waals surface area contributed by atoms with Gasteiger partial charge in [-0.1, -0.05) is 31.5 Å². The molecule has 0 aliphatic heterocycles. The van der Waals surface area contributed by atoms with Crippen LogP contribution in [0.25, 0.3) is 10.8 Å². The Morgan fingerprint density at radius 1 is 1.25 bits per heavy atom. The molecule has 0 radical (unpaired) electrons. The first-order chi connectivity index (χ1) is 9.61. The van der Waals surface area contributed by atoms with Crippen molar-refractivity contribution in [2.24, 2.45) is 0 Å². The second kappa shape index (κ2) is 6.76. The van der Waals surface area contributed by atoms with Crippen LogP contribution in [-0.2, 0) is 11.2 Å². The zero-order valence-corrected chi connectivity index (χ0v) is 12.7. The molecule has 2 aromatic rings. The molecule has 0 saturated heterocycles. The molecule has 3 heteroatoms. The zero-order chi connectivity index (χ0) is 14.5. The molecule has 0 saturated carbocycles. The maximum absolute atomic E-state index is 11.0. The number of benzene rings is 2. The molecular formula is C17H19ClO2. The van der Waals surface area contributed by atoms with Crippen molar-refractivity contribution in [1.82, 2.24) is 0 Å². The summed E-state index contributed by atoms with van der Waals surface area (Å²) in [5, 5.41) is 1.94. The van der Waals surface area contributed by atoms with Gasteiger partial charge in [0.25, 0.3) is 0 Å². The van der Waals surface area contributed by atoms with Crippen molar-refractivity contribution in [2.75, 3.05) is 6.61 Å². The van der Waals surface area contributed by atoms with Crippen LogP contribution < -0.4 is 4.74 Å². The van der Waals surface area contributed by atoms with Crippen molar-refractivity contribution in [3.8, 4) is 5.75 Å². The van der Waals surface area contributed by atoms with Crippen molar-refractivity contribution in [3.63, 3.8) is 0 Å². The van der Waals surface area contributed by atoms with E-state index in [4.69, 9.17) is 16.3 Å². The molecule has 2 nitrogen and oxygen atoms in total. The number of rotatable bonds is 6. The maximum atomic E-state index is 11.0. The van der Waals surface area contributed by atoms with Gasteiger partial charge in [-0.05, 0) is 59.0 Å². The van der Waals surface area contributed by atoms with Gasteiger partial charge in [-0.15, -0.1) is 0 Å². The molecule has 0 spiro atoms. The molecule has 0 amide bonds. The van der Waals surface area contributed by atoms with Gasteiger partial charge in [0.15, 0.2) is 0 Å². The van der Waals surface area contributed by atoms with Gasteiger partial charge in [-0.25, -0.2) is 0 Å². The largest absolute Gasteiger partial charge is 0.494 e. The first-order valence-electron chi connectivity index (χ1n) is 6.95. The van der Waals surface area contributed by atoms with Crippen LogP contribution in [-0.4, -0.2) is 11.8 Å². The number of aryl methyl sites for hydroxylation is 1. The van der Waals surface area contributed by atoms with Crippen molar-refractivity contribution in [2.45, 2.75) is 33.1 Å². The first kappa shape index (κ1) is 14.9. The Morgan fingerprint density at radius 3 is 2.75 bits per heavy atom. The molecular weight excluding hydrogens is 272 g/mol. The van der Waals surface area contributed by atoms with Gasteiger partial charge in [-0.3, -0.25) is 4.79 Å². The van der Waals surface area contributed by atoms with Crippen LogP contribution in [0.4, 0.5) is 0 Å². The van der Waals surface area contributed by atoms with Crippen molar-refractivity contribution in [1.29, 1.82) is 0 Å². The van der Waals surface area contributed by atoms with E-state index >= 15 is 0 Å². The molecule has 0 bridgehead atoms. The maximum Gasteiger partial charge on any atom is 0.226 e. The SMILES string of the molecule is CCCCOc1ccc2c(C)c(CC(=O)Cl)ccc2c1. The minimum Gasteiger partial charge on any atom is -0.494 e. The van der Waals surface area contributed by atoms with Gasteiger partial charge in [0.2, 0.25) is 5.24 Å². The highest BCUT2D eigenvalue weighted by atomic mass is 35.5. The summed E-state index contributed by atoms with van der Waals surface area (Å²) < 4.78 is 5.71. The van der Waals surface area contributed by atoms with E-state index in [0.29, 0.717) is 0 Å². The normalized spacial score (nSPS) is 10.8. The molecule has 106 valence electrons. The lowest BCUT2D eigenvalue weighted by atomic mass is 9.98. The molecule has 0 aromatic heterocycles. The quantitative estimate of drug-likeness (QED) is 0.572. The van der Waals surface area contributed by atoms with Crippen LogP contribution in [0.3, 0.4) is 0 Å². The summed E-state index contributed by atoms with van der Waals surface area (Å²) in [6.07, 6.45) is 2.47. The van der Waals surface area contributed by atoms with E-state index in [0.717, 1.165) is 47.1 Å². The third-order valence-corrected chi connectivity index (χ3v) is 3.60. The predicted octanol–water partition coefficient (Wildman–Crippen LogP) is 4.64. The van der Waals surface area contributed by atoms with E-state index in [-0.39, 0.29) is 11.7 Å². The lowest BCUT2D eigenvalue weighted by Crippen LogP contribution is -1.98. The highest BCUT2D eigenvalue weighted by Crippen LogP contribution is 2.26. The Bertz CT molecular complexity index is 620. The molecule has 0 heterocycles. The lowest BCUT2D eigenvalue weighted by Gasteiger charge is -2.10. The summed E-state index contributed by atoms with van der Waals surface area (Å²) in [5.41, 5.74) is 2.09. The fourth-order valence-electron chi connectivity index (χ4n) is 2.27. The monoisotopic (exact) mass is 290 g/mol. The summed E-state index contributed by atoms with van der Waals surface area (Å²) in [6, 6.07) is 10.1. The highest BCUT2D eigenvalue weighted by Gasteiger charge is 2.07. The van der Waals surface area contributed by atoms with E-state index < -0.39 is 0 Å². The summed E-state index contributed by atoms with van der Waals surface area (Å²) in [7, 11) is 0. The summed E-state index contributed by atoms with van der Waals surface area (Å²) >= 11 is 5.47. The van der Waals surface area contributed by atoms with Gasteiger partial charge >= 0.3 is 0 Å². The zero-order valence-electron chi connectivity index (χ0n) is 11.9. The number of carbonyl (C=O) groups excluding carboxylic acids is 1. The average molecular weight is 291 g/mol. The third kappa shape index (κ3) is 3.51. The number of carbonyl (C=O) groups is 1. The average Bonchev–Trinajstić information content (AvgIpc) is 2.42. The standard InChI is InChI=1S/C17H19ClO2/c1-3-4-9-20-15-7-8-16-12(2)13(11-17(18)19)5-6-14(16)10-15/h5-8,10H,3-4,9,11H2,1-2H3. The lowest BCUT2D eigenvalue weighted by molar-refractivity contribution is -0.111. The van der Waals surface area contributed by atoms with Crippen molar-refractivity contribution < 1.29 is 9.53 Å². The van der Waals surface area contributed by atoms with E-state index in [1.807, 2.05) is 37.3 Å². The van der Waals surface area contributed by atoms with Gasteiger partial charge in [0, 0.05) is 6.42 Å². The highest BCUT2D eigenvalue weighted by molar-refractivity contribution is 6.63. The third-order valence-electron chi connectivity index (χ3n) is 3.47. The second-order valence-electron chi connectivity index (χ2n) is 4.97. The number of fused-ring (bicyclic) bond motifs is 1. The number of hydrogen-bond donors (Lipinski definition) is 0. The second-order valence-corrected chi connectivity index (χ2v) is 5.39. The number of ether oxygens (including phenoxy) is 1. The van der Waals surface area contributed by atoms with Crippen LogP contribution in [0.5, 0.6) is 5.75 Å². The molecule has 0 aliphatic carbocycles. The smallest absolute Gasteiger partial charge is 0.226 e. The fourth-order valence-corrected chi connectivity index (χ4v) is 2.42. The van der Waals surface area contributed by atoms with Gasteiger partial charge < -0.3 is 4.74 Å². The minimum atomic E-state index is -0.327. The molecule has 2 aromatic carbocycles. The van der Waals surface area contributed by atoms with Gasteiger partial charge in [0.05, 0.1) is 6.61 Å².